The molecule has 0 aromatic carbocycles. The Morgan fingerprint density at radius 2 is 2.07 bits per heavy atom. The summed E-state index contributed by atoms with van der Waals surface area (Å²) >= 11 is 0. The highest BCUT2D eigenvalue weighted by Gasteiger charge is 2.00. The number of nitrogens with zero attached hydrogens (tertiary/aromatic N) is 3. The number of aromatic nitrogens is 2. The fourth-order valence-corrected chi connectivity index (χ4v) is 0.565. The Hall–Kier alpha value is -1.36. The van der Waals surface area contributed by atoms with Crippen LogP contribution in [-0.2, 0) is 4.74 Å². The zero-order valence-electron chi connectivity index (χ0n) is 9.10. The molecule has 0 amide bonds. The molecule has 14 heavy (non-hydrogen) atoms. The first-order valence-electron chi connectivity index (χ1n) is 4.34. The maximum absolute atomic E-state index is 10.8. The minimum absolute atomic E-state index is 0.386. The molecular weight excluding hydrogens is 182 g/mol. The highest BCUT2D eigenvalue weighted by atomic mass is 16.5. The van der Waals surface area contributed by atoms with Crippen molar-refractivity contribution in [1.29, 1.82) is 0 Å². The van der Waals surface area contributed by atoms with E-state index in [1.54, 1.807) is 6.92 Å². The van der Waals surface area contributed by atoms with Gasteiger partial charge in [-0.05, 0) is 28.1 Å². The van der Waals surface area contributed by atoms with Gasteiger partial charge >= 0.3 is 6.09 Å². The van der Waals surface area contributed by atoms with E-state index in [2.05, 4.69) is 9.72 Å². The van der Waals surface area contributed by atoms with Gasteiger partial charge in [0.05, 0.1) is 6.61 Å². The van der Waals surface area contributed by atoms with Gasteiger partial charge < -0.3 is 9.64 Å². The number of carbonyl (C=O) groups excluding carboxylic acids is 1. The van der Waals surface area contributed by atoms with Crippen LogP contribution in [0.4, 0.5) is 4.79 Å². The van der Waals surface area contributed by atoms with Crippen LogP contribution in [-0.4, -0.2) is 48.3 Å². The minimum Gasteiger partial charge on any atom is -0.449 e. The summed E-state index contributed by atoms with van der Waals surface area (Å²) in [6.45, 7) is 2.14. The van der Waals surface area contributed by atoms with Gasteiger partial charge in [0.25, 0.3) is 0 Å². The van der Waals surface area contributed by atoms with Crippen molar-refractivity contribution in [2.24, 2.45) is 0 Å². The van der Waals surface area contributed by atoms with Crippen LogP contribution in [0.25, 0.3) is 0 Å². The molecule has 5 nitrogen and oxygen atoms in total. The average molecular weight is 199 g/mol. The Balaban J connectivity index is 0.000000364. The second kappa shape index (κ2) is 7.08. The predicted octanol–water partition coefficient (Wildman–Crippen LogP) is 1.07. The molecule has 0 unspecified atom stereocenters. The van der Waals surface area contributed by atoms with Gasteiger partial charge in [-0.2, -0.15) is 0 Å². The Labute approximate surface area is 84.3 Å². The molecule has 1 rings (SSSR count). The Kier molecular flexibility index (Phi) is 6.39. The summed E-state index contributed by atoms with van der Waals surface area (Å²) in [5.74, 6) is 0. The summed E-state index contributed by atoms with van der Waals surface area (Å²) in [4.78, 5) is 16.5. The molecule has 80 valence electrons. The Morgan fingerprint density at radius 1 is 1.50 bits per heavy atom. The summed E-state index contributed by atoms with van der Waals surface area (Å²) in [6, 6.07) is 0. The van der Waals surface area contributed by atoms with Gasteiger partial charge in [0.1, 0.15) is 6.33 Å². The number of carbonyl (C=O) groups is 1. The van der Waals surface area contributed by atoms with Crippen LogP contribution in [0.3, 0.4) is 0 Å². The monoisotopic (exact) mass is 199 g/mol. The van der Waals surface area contributed by atoms with Gasteiger partial charge in [0.15, 0.2) is 0 Å². The normalized spacial score (nSPS) is 9.21. The van der Waals surface area contributed by atoms with Gasteiger partial charge in [-0.15, -0.1) is 0 Å². The standard InChI is InChI=1S/C6H8N2O2.C3H9N/c1-2-10-6(9)8-4-3-7-5-8;1-4(2)3/h3-5H,2H2,1H3;1-3H3. The first kappa shape index (κ1) is 12.6. The van der Waals surface area contributed by atoms with Crippen molar-refractivity contribution < 1.29 is 9.53 Å². The number of hydrogen-bond donors (Lipinski definition) is 0. The van der Waals surface area contributed by atoms with Crippen LogP contribution >= 0.6 is 0 Å². The third-order valence-corrected chi connectivity index (χ3v) is 0.983. The molecule has 5 heteroatoms. The van der Waals surface area contributed by atoms with E-state index in [1.807, 2.05) is 26.0 Å². The van der Waals surface area contributed by atoms with Crippen molar-refractivity contribution in [3.05, 3.63) is 18.7 Å². The van der Waals surface area contributed by atoms with E-state index in [4.69, 9.17) is 0 Å². The molecule has 1 aromatic heterocycles. The fraction of sp³-hybridized carbons (Fsp3) is 0.556. The fourth-order valence-electron chi connectivity index (χ4n) is 0.565. The maximum Gasteiger partial charge on any atom is 0.419 e. The molecule has 0 atom stereocenters. The van der Waals surface area contributed by atoms with E-state index in [0.29, 0.717) is 6.61 Å². The van der Waals surface area contributed by atoms with Gasteiger partial charge in [0.2, 0.25) is 0 Å². The summed E-state index contributed by atoms with van der Waals surface area (Å²) in [5.41, 5.74) is 0. The molecule has 0 aliphatic heterocycles. The molecule has 0 fully saturated rings. The van der Waals surface area contributed by atoms with Crippen molar-refractivity contribution in [3.8, 4) is 0 Å². The minimum atomic E-state index is -0.389. The molecule has 0 spiro atoms. The van der Waals surface area contributed by atoms with Crippen molar-refractivity contribution in [2.45, 2.75) is 6.92 Å². The summed E-state index contributed by atoms with van der Waals surface area (Å²) in [5, 5.41) is 0. The highest BCUT2D eigenvalue weighted by molar-refractivity contribution is 5.69. The van der Waals surface area contributed by atoms with E-state index >= 15 is 0 Å². The van der Waals surface area contributed by atoms with Crippen LogP contribution in [0.2, 0.25) is 0 Å². The third-order valence-electron chi connectivity index (χ3n) is 0.983. The Morgan fingerprint density at radius 3 is 2.43 bits per heavy atom. The SMILES string of the molecule is CCOC(=O)n1ccnc1.CN(C)C. The zero-order chi connectivity index (χ0) is 11.0. The van der Waals surface area contributed by atoms with Gasteiger partial charge in [-0.3, -0.25) is 0 Å². The molecular formula is C9H17N3O2. The van der Waals surface area contributed by atoms with E-state index in [9.17, 15) is 4.79 Å². The van der Waals surface area contributed by atoms with Gasteiger partial charge in [0, 0.05) is 12.4 Å². The molecule has 0 aliphatic rings. The smallest absolute Gasteiger partial charge is 0.419 e. The molecule has 0 bridgehead atoms. The summed E-state index contributed by atoms with van der Waals surface area (Å²) in [6.07, 6.45) is 4.08. The van der Waals surface area contributed by atoms with Crippen molar-refractivity contribution in [3.63, 3.8) is 0 Å². The van der Waals surface area contributed by atoms with Gasteiger partial charge in [-0.1, -0.05) is 0 Å². The van der Waals surface area contributed by atoms with Crippen molar-refractivity contribution in [1.82, 2.24) is 14.5 Å². The molecule has 0 saturated carbocycles. The van der Waals surface area contributed by atoms with Crippen molar-refractivity contribution in [2.75, 3.05) is 27.7 Å². The molecule has 0 radical (unpaired) electrons. The lowest BCUT2D eigenvalue weighted by Crippen LogP contribution is -2.10. The molecule has 0 aliphatic carbocycles. The molecule has 1 heterocycles. The zero-order valence-corrected chi connectivity index (χ0v) is 9.10. The Bertz CT molecular complexity index is 242. The van der Waals surface area contributed by atoms with E-state index in [0.717, 1.165) is 0 Å². The molecule has 1 aromatic rings. The van der Waals surface area contributed by atoms with Crippen LogP contribution in [0.5, 0.6) is 0 Å². The number of hydrogen-bond acceptors (Lipinski definition) is 4. The molecule has 0 N–H and O–H groups in total. The number of ether oxygens (including phenoxy) is 1. The van der Waals surface area contributed by atoms with Gasteiger partial charge in [-0.25, -0.2) is 14.3 Å². The van der Waals surface area contributed by atoms with E-state index in [-0.39, 0.29) is 6.09 Å². The lowest BCUT2D eigenvalue weighted by Gasteiger charge is -1.98. The van der Waals surface area contributed by atoms with Crippen molar-refractivity contribution >= 4 is 6.09 Å². The van der Waals surface area contributed by atoms with Crippen LogP contribution < -0.4 is 0 Å². The second-order valence-corrected chi connectivity index (χ2v) is 3.01. The second-order valence-electron chi connectivity index (χ2n) is 3.01. The maximum atomic E-state index is 10.8. The number of imidazole rings is 1. The summed E-state index contributed by atoms with van der Waals surface area (Å²) < 4.78 is 5.95. The highest BCUT2D eigenvalue weighted by Crippen LogP contribution is 1.88. The predicted molar refractivity (Wildman–Crippen MR) is 54.3 cm³/mol. The first-order valence-corrected chi connectivity index (χ1v) is 4.34. The van der Waals surface area contributed by atoms with E-state index in [1.165, 1.54) is 23.3 Å². The van der Waals surface area contributed by atoms with Crippen LogP contribution in [0.15, 0.2) is 18.7 Å². The molecule has 0 saturated heterocycles. The number of rotatable bonds is 1. The van der Waals surface area contributed by atoms with Crippen LogP contribution in [0, 0.1) is 0 Å². The largest absolute Gasteiger partial charge is 0.449 e. The lowest BCUT2D eigenvalue weighted by molar-refractivity contribution is 0.154. The average Bonchev–Trinajstić information content (AvgIpc) is 2.55. The third kappa shape index (κ3) is 6.19. The van der Waals surface area contributed by atoms with E-state index < -0.39 is 0 Å². The topological polar surface area (TPSA) is 47.4 Å². The van der Waals surface area contributed by atoms with Crippen LogP contribution in [0.1, 0.15) is 6.92 Å². The quantitative estimate of drug-likeness (QED) is 0.678. The summed E-state index contributed by atoms with van der Waals surface area (Å²) in [7, 11) is 6.00. The first-order chi connectivity index (χ1) is 6.57. The lowest BCUT2D eigenvalue weighted by atomic mass is 10.8.